The van der Waals surface area contributed by atoms with Gasteiger partial charge in [-0.25, -0.2) is 0 Å². The van der Waals surface area contributed by atoms with Crippen molar-refractivity contribution < 1.29 is 19.0 Å². The van der Waals surface area contributed by atoms with E-state index in [0.717, 1.165) is 16.7 Å². The Balaban J connectivity index is 1.45. The lowest BCUT2D eigenvalue weighted by Crippen LogP contribution is -2.13. The Kier molecular flexibility index (Phi) is 9.98. The second kappa shape index (κ2) is 14.0. The Morgan fingerprint density at radius 1 is 0.875 bits per heavy atom. The van der Waals surface area contributed by atoms with Gasteiger partial charge < -0.3 is 19.5 Å². The van der Waals surface area contributed by atoms with Crippen LogP contribution in [0, 0.1) is 18.3 Å². The van der Waals surface area contributed by atoms with Gasteiger partial charge in [0.25, 0.3) is 5.91 Å². The molecule has 4 aromatic carbocycles. The van der Waals surface area contributed by atoms with Crippen molar-refractivity contribution in [2.75, 3.05) is 11.9 Å². The van der Waals surface area contributed by atoms with Crippen LogP contribution < -0.4 is 19.5 Å². The van der Waals surface area contributed by atoms with E-state index in [9.17, 15) is 10.1 Å². The van der Waals surface area contributed by atoms with Crippen LogP contribution in [0.4, 0.5) is 5.69 Å². The molecule has 0 aliphatic carbocycles. The van der Waals surface area contributed by atoms with E-state index in [-0.39, 0.29) is 5.57 Å². The highest BCUT2D eigenvalue weighted by Gasteiger charge is 2.15. The van der Waals surface area contributed by atoms with Crippen molar-refractivity contribution in [3.05, 3.63) is 123 Å². The lowest BCUT2D eigenvalue weighted by molar-refractivity contribution is -0.112. The molecule has 0 heterocycles. The number of benzene rings is 4. The molecule has 4 rings (SSSR count). The van der Waals surface area contributed by atoms with E-state index in [1.807, 2.05) is 68.4 Å². The normalized spacial score (nSPS) is 10.9. The monoisotopic (exact) mass is 596 g/mol. The molecule has 40 heavy (non-hydrogen) atoms. The van der Waals surface area contributed by atoms with Crippen LogP contribution in [-0.2, 0) is 18.0 Å². The molecule has 0 aliphatic heterocycles. The van der Waals surface area contributed by atoms with E-state index in [4.69, 9.17) is 14.2 Å². The van der Waals surface area contributed by atoms with Crippen LogP contribution in [0.5, 0.6) is 17.2 Å². The lowest BCUT2D eigenvalue weighted by atomic mass is 10.1. The van der Waals surface area contributed by atoms with Crippen molar-refractivity contribution in [1.82, 2.24) is 0 Å². The second-order valence-electron chi connectivity index (χ2n) is 8.95. The zero-order chi connectivity index (χ0) is 28.3. The number of ether oxygens (including phenoxy) is 3. The molecule has 0 unspecified atom stereocenters. The summed E-state index contributed by atoms with van der Waals surface area (Å²) in [6.07, 6.45) is 1.52. The Labute approximate surface area is 243 Å². The highest BCUT2D eigenvalue weighted by Crippen LogP contribution is 2.35. The topological polar surface area (TPSA) is 80.6 Å². The molecule has 7 heteroatoms. The van der Waals surface area contributed by atoms with Gasteiger partial charge in [-0.05, 0) is 73.0 Å². The number of carbonyl (C=O) groups excluding carboxylic acids is 1. The Morgan fingerprint density at radius 2 is 1.57 bits per heavy atom. The van der Waals surface area contributed by atoms with Gasteiger partial charge in [0.15, 0.2) is 11.5 Å². The molecule has 0 spiro atoms. The minimum absolute atomic E-state index is 0.0546. The van der Waals surface area contributed by atoms with Gasteiger partial charge in [-0.1, -0.05) is 76.1 Å². The number of nitriles is 1. The first-order valence-electron chi connectivity index (χ1n) is 12.8. The molecule has 0 aliphatic rings. The van der Waals surface area contributed by atoms with E-state index < -0.39 is 5.91 Å². The maximum absolute atomic E-state index is 12.9. The summed E-state index contributed by atoms with van der Waals surface area (Å²) in [6, 6.07) is 30.5. The number of nitrogens with zero attached hydrogens (tertiary/aromatic N) is 1. The van der Waals surface area contributed by atoms with E-state index in [2.05, 4.69) is 27.3 Å². The van der Waals surface area contributed by atoms with Gasteiger partial charge in [0.2, 0.25) is 0 Å². The molecule has 0 aromatic heterocycles. The first-order valence-corrected chi connectivity index (χ1v) is 13.6. The molecule has 0 saturated carbocycles. The summed E-state index contributed by atoms with van der Waals surface area (Å²) in [5, 5.41) is 12.5. The van der Waals surface area contributed by atoms with Gasteiger partial charge in [0.1, 0.15) is 30.6 Å². The van der Waals surface area contributed by atoms with Crippen LogP contribution in [0.1, 0.15) is 29.2 Å². The van der Waals surface area contributed by atoms with Crippen molar-refractivity contribution in [2.45, 2.75) is 27.1 Å². The Morgan fingerprint density at radius 3 is 2.27 bits per heavy atom. The summed E-state index contributed by atoms with van der Waals surface area (Å²) in [6.45, 7) is 5.18. The van der Waals surface area contributed by atoms with E-state index in [0.29, 0.717) is 52.8 Å². The first kappa shape index (κ1) is 28.5. The van der Waals surface area contributed by atoms with Gasteiger partial charge in [-0.2, -0.15) is 5.26 Å². The van der Waals surface area contributed by atoms with Gasteiger partial charge in [0, 0.05) is 10.2 Å². The van der Waals surface area contributed by atoms with Crippen LogP contribution in [0.15, 0.2) is 101 Å². The van der Waals surface area contributed by atoms with Crippen molar-refractivity contribution in [3.63, 3.8) is 0 Å². The van der Waals surface area contributed by atoms with E-state index in [1.165, 1.54) is 6.08 Å². The SMILES string of the molecule is CCOc1cc(/C=C(\C#N)C(=O)Nc2ccc(OCc3ccccc3)cc2)c(Br)cc1OCc1cccc(C)c1. The number of hydrogen-bond acceptors (Lipinski definition) is 5. The maximum atomic E-state index is 12.9. The lowest BCUT2D eigenvalue weighted by Gasteiger charge is -2.14. The summed E-state index contributed by atoms with van der Waals surface area (Å²) >= 11 is 3.55. The Bertz CT molecular complexity index is 1530. The van der Waals surface area contributed by atoms with Crippen molar-refractivity contribution in [1.29, 1.82) is 5.26 Å². The number of anilines is 1. The summed E-state index contributed by atoms with van der Waals surface area (Å²) in [4.78, 5) is 12.9. The van der Waals surface area contributed by atoms with E-state index >= 15 is 0 Å². The zero-order valence-corrected chi connectivity index (χ0v) is 23.9. The molecule has 6 nitrogen and oxygen atoms in total. The maximum Gasteiger partial charge on any atom is 0.266 e. The third-order valence-corrected chi connectivity index (χ3v) is 6.55. The molecule has 1 amide bonds. The molecule has 0 fully saturated rings. The number of nitrogens with one attached hydrogen (secondary N) is 1. The summed E-state index contributed by atoms with van der Waals surface area (Å²) in [5.41, 5.74) is 4.37. The predicted octanol–water partition coefficient (Wildman–Crippen LogP) is 7.86. The average molecular weight is 598 g/mol. The minimum atomic E-state index is -0.523. The fourth-order valence-corrected chi connectivity index (χ4v) is 4.32. The summed E-state index contributed by atoms with van der Waals surface area (Å²) in [5.74, 6) is 1.23. The molecule has 0 radical (unpaired) electrons. The summed E-state index contributed by atoms with van der Waals surface area (Å²) < 4.78 is 18.3. The molecule has 0 bridgehead atoms. The quantitative estimate of drug-likeness (QED) is 0.141. The predicted molar refractivity (Wildman–Crippen MR) is 160 cm³/mol. The highest BCUT2D eigenvalue weighted by molar-refractivity contribution is 9.10. The number of amides is 1. The smallest absolute Gasteiger partial charge is 0.266 e. The van der Waals surface area contributed by atoms with Crippen LogP contribution in [0.2, 0.25) is 0 Å². The van der Waals surface area contributed by atoms with Crippen molar-refractivity contribution >= 4 is 33.6 Å². The van der Waals surface area contributed by atoms with Crippen molar-refractivity contribution in [2.24, 2.45) is 0 Å². The van der Waals surface area contributed by atoms with Crippen molar-refractivity contribution in [3.8, 4) is 23.3 Å². The first-order chi connectivity index (χ1) is 19.4. The highest BCUT2D eigenvalue weighted by atomic mass is 79.9. The number of hydrogen-bond donors (Lipinski definition) is 1. The van der Waals surface area contributed by atoms with E-state index in [1.54, 1.807) is 36.4 Å². The third kappa shape index (κ3) is 7.98. The van der Waals surface area contributed by atoms with Gasteiger partial charge >= 0.3 is 0 Å². The number of halogens is 1. The molecule has 1 N–H and O–H groups in total. The van der Waals surface area contributed by atoms with Gasteiger partial charge in [0.05, 0.1) is 6.61 Å². The van der Waals surface area contributed by atoms with Crippen LogP contribution in [-0.4, -0.2) is 12.5 Å². The summed E-state index contributed by atoms with van der Waals surface area (Å²) in [7, 11) is 0. The molecule has 4 aromatic rings. The molecule has 0 atom stereocenters. The molecular formula is C33H29BrN2O4. The zero-order valence-electron chi connectivity index (χ0n) is 22.3. The fourth-order valence-electron chi connectivity index (χ4n) is 3.88. The number of rotatable bonds is 11. The molecule has 0 saturated heterocycles. The van der Waals surface area contributed by atoms with Crippen LogP contribution in [0.25, 0.3) is 6.08 Å². The standard InChI is InChI=1S/C33H29BrN2O4/c1-3-38-31-18-26(30(34)19-32(31)40-22-25-11-7-8-23(2)16-25)17-27(20-35)33(37)36-28-12-14-29(15-13-28)39-21-24-9-5-4-6-10-24/h4-19H,3,21-22H2,1-2H3,(H,36,37)/b27-17+. The van der Waals surface area contributed by atoms with Crippen LogP contribution >= 0.6 is 15.9 Å². The fraction of sp³-hybridized carbons (Fsp3) is 0.152. The second-order valence-corrected chi connectivity index (χ2v) is 9.81. The number of aryl methyl sites for hydroxylation is 1. The average Bonchev–Trinajstić information content (AvgIpc) is 2.96. The van der Waals surface area contributed by atoms with Crippen LogP contribution in [0.3, 0.4) is 0 Å². The molecule has 202 valence electrons. The Hall–Kier alpha value is -4.54. The number of carbonyl (C=O) groups is 1. The van der Waals surface area contributed by atoms with Gasteiger partial charge in [-0.3, -0.25) is 4.79 Å². The third-order valence-electron chi connectivity index (χ3n) is 5.87. The minimum Gasteiger partial charge on any atom is -0.490 e. The largest absolute Gasteiger partial charge is 0.490 e. The molecular weight excluding hydrogens is 568 g/mol. The van der Waals surface area contributed by atoms with Gasteiger partial charge in [-0.15, -0.1) is 0 Å².